The summed E-state index contributed by atoms with van der Waals surface area (Å²) >= 11 is 0. The zero-order valence-corrected chi connectivity index (χ0v) is 9.87. The number of carbonyl (C=O) groups is 2. The van der Waals surface area contributed by atoms with Crippen LogP contribution in [0.15, 0.2) is 48.5 Å². The van der Waals surface area contributed by atoms with Crippen molar-refractivity contribution in [2.45, 2.75) is 0 Å². The van der Waals surface area contributed by atoms with E-state index in [9.17, 15) is 14.7 Å². The van der Waals surface area contributed by atoms with E-state index in [1.807, 2.05) is 0 Å². The van der Waals surface area contributed by atoms with E-state index < -0.39 is 6.09 Å². The molecule has 0 aliphatic heterocycles. The van der Waals surface area contributed by atoms with Crippen molar-refractivity contribution in [3.8, 4) is 11.5 Å². The van der Waals surface area contributed by atoms with Crippen LogP contribution in [0.2, 0.25) is 0 Å². The second kappa shape index (κ2) is 5.68. The standard InChI is InChI=1S/C14H11NO4/c16-9-10-6-7-13(17)12(8-10)15-14(18)19-11-4-2-1-3-5-11/h1-9,17H,(H,15,18). The largest absolute Gasteiger partial charge is 0.506 e. The van der Waals surface area contributed by atoms with E-state index >= 15 is 0 Å². The van der Waals surface area contributed by atoms with Gasteiger partial charge in [0.15, 0.2) is 0 Å². The molecule has 0 aliphatic carbocycles. The molecule has 0 radical (unpaired) electrons. The summed E-state index contributed by atoms with van der Waals surface area (Å²) in [5.74, 6) is 0.238. The minimum Gasteiger partial charge on any atom is -0.506 e. The number of anilines is 1. The Morgan fingerprint density at radius 1 is 1.16 bits per heavy atom. The molecule has 0 unspecified atom stereocenters. The van der Waals surface area contributed by atoms with E-state index in [1.165, 1.54) is 18.2 Å². The number of para-hydroxylation sites is 1. The highest BCUT2D eigenvalue weighted by Crippen LogP contribution is 2.24. The van der Waals surface area contributed by atoms with Gasteiger partial charge in [0.05, 0.1) is 5.69 Å². The van der Waals surface area contributed by atoms with Gasteiger partial charge >= 0.3 is 6.09 Å². The molecule has 2 aromatic carbocycles. The lowest BCUT2D eigenvalue weighted by Crippen LogP contribution is -2.16. The predicted octanol–water partition coefficient (Wildman–Crippen LogP) is 2.82. The van der Waals surface area contributed by atoms with Crippen LogP contribution < -0.4 is 10.1 Å². The maximum Gasteiger partial charge on any atom is 0.417 e. The Kier molecular flexibility index (Phi) is 3.78. The molecule has 5 heteroatoms. The number of hydrogen-bond donors (Lipinski definition) is 2. The lowest BCUT2D eigenvalue weighted by Gasteiger charge is -2.08. The van der Waals surface area contributed by atoms with Gasteiger partial charge in [-0.05, 0) is 30.3 Å². The fraction of sp³-hybridized carbons (Fsp3) is 0. The highest BCUT2D eigenvalue weighted by atomic mass is 16.6. The first-order valence-corrected chi connectivity index (χ1v) is 5.51. The first-order chi connectivity index (χ1) is 9.19. The van der Waals surface area contributed by atoms with Gasteiger partial charge in [0, 0.05) is 5.56 Å². The molecule has 0 saturated heterocycles. The summed E-state index contributed by atoms with van der Waals surface area (Å²) in [6, 6.07) is 12.6. The van der Waals surface area contributed by atoms with Gasteiger partial charge in [-0.1, -0.05) is 18.2 Å². The molecule has 0 atom stereocenters. The molecule has 0 aliphatic rings. The van der Waals surface area contributed by atoms with Crippen molar-refractivity contribution in [2.75, 3.05) is 5.32 Å². The fourth-order valence-electron chi connectivity index (χ4n) is 1.46. The highest BCUT2D eigenvalue weighted by Gasteiger charge is 2.09. The minimum absolute atomic E-state index is 0.116. The van der Waals surface area contributed by atoms with Gasteiger partial charge in [-0.25, -0.2) is 4.79 Å². The van der Waals surface area contributed by atoms with Gasteiger partial charge in [-0.3, -0.25) is 10.1 Å². The lowest BCUT2D eigenvalue weighted by atomic mass is 10.2. The number of rotatable bonds is 3. The molecule has 2 rings (SSSR count). The third kappa shape index (κ3) is 3.32. The topological polar surface area (TPSA) is 75.6 Å². The number of aldehydes is 1. The summed E-state index contributed by atoms with van der Waals surface area (Å²) in [7, 11) is 0. The maximum absolute atomic E-state index is 11.6. The molecule has 0 spiro atoms. The third-order valence-electron chi connectivity index (χ3n) is 2.35. The number of carbonyl (C=O) groups excluding carboxylic acids is 2. The van der Waals surface area contributed by atoms with Crippen LogP contribution in [0.5, 0.6) is 11.5 Å². The fourth-order valence-corrected chi connectivity index (χ4v) is 1.46. The number of amides is 1. The molecular weight excluding hydrogens is 246 g/mol. The lowest BCUT2D eigenvalue weighted by molar-refractivity contribution is 0.112. The smallest absolute Gasteiger partial charge is 0.417 e. The molecule has 1 amide bonds. The Balaban J connectivity index is 2.08. The quantitative estimate of drug-likeness (QED) is 0.654. The van der Waals surface area contributed by atoms with Crippen molar-refractivity contribution in [3.63, 3.8) is 0 Å². The third-order valence-corrected chi connectivity index (χ3v) is 2.35. The van der Waals surface area contributed by atoms with Gasteiger partial charge in [0.1, 0.15) is 17.8 Å². The van der Waals surface area contributed by atoms with E-state index in [-0.39, 0.29) is 11.4 Å². The van der Waals surface area contributed by atoms with Crippen LogP contribution in [0.1, 0.15) is 10.4 Å². The second-order valence-electron chi connectivity index (χ2n) is 3.72. The number of phenols is 1. The van der Waals surface area contributed by atoms with Crippen LogP contribution in [0.25, 0.3) is 0 Å². The van der Waals surface area contributed by atoms with Crippen molar-refractivity contribution in [1.29, 1.82) is 0 Å². The summed E-state index contributed by atoms with van der Waals surface area (Å²) in [5, 5.41) is 11.9. The zero-order chi connectivity index (χ0) is 13.7. The van der Waals surface area contributed by atoms with Crippen molar-refractivity contribution >= 4 is 18.1 Å². The van der Waals surface area contributed by atoms with E-state index in [4.69, 9.17) is 4.74 Å². The summed E-state index contributed by atoms with van der Waals surface area (Å²) in [4.78, 5) is 22.2. The molecule has 0 saturated carbocycles. The van der Waals surface area contributed by atoms with E-state index in [0.717, 1.165) is 0 Å². The van der Waals surface area contributed by atoms with Gasteiger partial charge in [-0.15, -0.1) is 0 Å². The molecule has 2 aromatic rings. The predicted molar refractivity (Wildman–Crippen MR) is 69.6 cm³/mol. The summed E-state index contributed by atoms with van der Waals surface area (Å²) < 4.78 is 5.00. The summed E-state index contributed by atoms with van der Waals surface area (Å²) in [6.45, 7) is 0. The maximum atomic E-state index is 11.6. The monoisotopic (exact) mass is 257 g/mol. The molecule has 2 N–H and O–H groups in total. The van der Waals surface area contributed by atoms with Gasteiger partial charge in [0.2, 0.25) is 0 Å². The van der Waals surface area contributed by atoms with Gasteiger partial charge in [-0.2, -0.15) is 0 Å². The Morgan fingerprint density at radius 2 is 1.89 bits per heavy atom. The molecule has 0 aromatic heterocycles. The highest BCUT2D eigenvalue weighted by molar-refractivity contribution is 5.90. The molecule has 0 bridgehead atoms. The van der Waals surface area contributed by atoms with Crippen LogP contribution in [-0.2, 0) is 0 Å². The number of aromatic hydroxyl groups is 1. The Morgan fingerprint density at radius 3 is 2.58 bits per heavy atom. The molecule has 0 heterocycles. The average molecular weight is 257 g/mol. The summed E-state index contributed by atoms with van der Waals surface area (Å²) in [6.07, 6.45) is -0.128. The molecule has 19 heavy (non-hydrogen) atoms. The Bertz CT molecular complexity index is 596. The Labute approximate surface area is 109 Å². The van der Waals surface area contributed by atoms with Crippen molar-refractivity contribution in [2.24, 2.45) is 0 Å². The SMILES string of the molecule is O=Cc1ccc(O)c(NC(=O)Oc2ccccc2)c1. The van der Waals surface area contributed by atoms with E-state index in [1.54, 1.807) is 30.3 Å². The van der Waals surface area contributed by atoms with Crippen LogP contribution >= 0.6 is 0 Å². The molecule has 96 valence electrons. The van der Waals surface area contributed by atoms with Crippen molar-refractivity contribution in [3.05, 3.63) is 54.1 Å². The first kappa shape index (κ1) is 12.6. The average Bonchev–Trinajstić information content (AvgIpc) is 2.42. The molecule has 0 fully saturated rings. The number of nitrogens with one attached hydrogen (secondary N) is 1. The Hall–Kier alpha value is -2.82. The van der Waals surface area contributed by atoms with Crippen LogP contribution in [0.4, 0.5) is 10.5 Å². The van der Waals surface area contributed by atoms with Crippen LogP contribution in [0, 0.1) is 0 Å². The van der Waals surface area contributed by atoms with Gasteiger partial charge in [0.25, 0.3) is 0 Å². The minimum atomic E-state index is -0.746. The van der Waals surface area contributed by atoms with E-state index in [0.29, 0.717) is 17.6 Å². The molecule has 5 nitrogen and oxygen atoms in total. The van der Waals surface area contributed by atoms with Crippen LogP contribution in [0.3, 0.4) is 0 Å². The number of ether oxygens (including phenoxy) is 1. The van der Waals surface area contributed by atoms with Crippen molar-refractivity contribution in [1.82, 2.24) is 0 Å². The summed E-state index contributed by atoms with van der Waals surface area (Å²) in [5.41, 5.74) is 0.457. The molecular formula is C14H11NO4. The van der Waals surface area contributed by atoms with Crippen molar-refractivity contribution < 1.29 is 19.4 Å². The number of hydrogen-bond acceptors (Lipinski definition) is 4. The van der Waals surface area contributed by atoms with E-state index in [2.05, 4.69) is 5.32 Å². The number of benzene rings is 2. The first-order valence-electron chi connectivity index (χ1n) is 5.51. The second-order valence-corrected chi connectivity index (χ2v) is 3.72. The normalized spacial score (nSPS) is 9.68. The van der Waals surface area contributed by atoms with Crippen LogP contribution in [-0.4, -0.2) is 17.5 Å². The number of phenolic OH excluding ortho intramolecular Hbond substituents is 1. The van der Waals surface area contributed by atoms with Gasteiger partial charge < -0.3 is 9.84 Å². The zero-order valence-electron chi connectivity index (χ0n) is 9.87.